The van der Waals surface area contributed by atoms with Crippen LogP contribution in [-0.4, -0.2) is 33.3 Å². The van der Waals surface area contributed by atoms with E-state index in [9.17, 15) is 0 Å². The molecule has 1 aromatic rings. The Balaban J connectivity index is 1.51. The lowest BCUT2D eigenvalue weighted by Crippen LogP contribution is -2.41. The summed E-state index contributed by atoms with van der Waals surface area (Å²) in [5.41, 5.74) is 0. The Morgan fingerprint density at radius 1 is 1.53 bits per heavy atom. The highest BCUT2D eigenvalue weighted by molar-refractivity contribution is 8.13. The molecule has 17 heavy (non-hydrogen) atoms. The van der Waals surface area contributed by atoms with Crippen LogP contribution in [0, 0.1) is 5.92 Å². The number of aliphatic imine (C=N–C) groups is 1. The van der Waals surface area contributed by atoms with Gasteiger partial charge < -0.3 is 5.32 Å². The highest BCUT2D eigenvalue weighted by Gasteiger charge is 2.31. The summed E-state index contributed by atoms with van der Waals surface area (Å²) in [6.45, 7) is 1.68. The van der Waals surface area contributed by atoms with Gasteiger partial charge in [-0.3, -0.25) is 9.67 Å². The fourth-order valence-electron chi connectivity index (χ4n) is 2.59. The average Bonchev–Trinajstić information content (AvgIpc) is 2.98. The predicted octanol–water partition coefficient (Wildman–Crippen LogP) is 1.74. The average molecular weight is 250 g/mol. The lowest BCUT2D eigenvalue weighted by molar-refractivity contribution is 0.489. The lowest BCUT2D eigenvalue weighted by atomic mass is 10.1. The second-order valence-electron chi connectivity index (χ2n) is 4.71. The largest absolute Gasteiger partial charge is 0.362 e. The zero-order valence-corrected chi connectivity index (χ0v) is 10.7. The Hall–Kier alpha value is -0.970. The second-order valence-corrected chi connectivity index (χ2v) is 5.72. The Bertz CT molecular complexity index is 387. The number of fused-ring (bicyclic) bond motifs is 1. The minimum absolute atomic E-state index is 0.694. The molecule has 0 spiro atoms. The van der Waals surface area contributed by atoms with Crippen molar-refractivity contribution in [3.8, 4) is 0 Å². The van der Waals surface area contributed by atoms with Gasteiger partial charge in [0.1, 0.15) is 0 Å². The van der Waals surface area contributed by atoms with Crippen LogP contribution in [-0.2, 0) is 6.54 Å². The van der Waals surface area contributed by atoms with Gasteiger partial charge in [0.15, 0.2) is 5.17 Å². The van der Waals surface area contributed by atoms with Crippen LogP contribution in [0.25, 0.3) is 0 Å². The number of hydrogen-bond donors (Lipinski definition) is 1. The maximum atomic E-state index is 4.63. The molecule has 1 saturated heterocycles. The Kier molecular flexibility index (Phi) is 3.36. The van der Waals surface area contributed by atoms with Gasteiger partial charge in [-0.15, -0.1) is 0 Å². The zero-order valence-electron chi connectivity index (χ0n) is 9.88. The van der Waals surface area contributed by atoms with Crippen LogP contribution < -0.4 is 5.32 Å². The van der Waals surface area contributed by atoms with Crippen molar-refractivity contribution in [2.45, 2.75) is 31.8 Å². The van der Waals surface area contributed by atoms with Crippen LogP contribution in [0.4, 0.5) is 0 Å². The summed E-state index contributed by atoms with van der Waals surface area (Å²) in [7, 11) is 0. The number of rotatable bonds is 3. The molecule has 0 bridgehead atoms. The van der Waals surface area contributed by atoms with Crippen LogP contribution >= 0.6 is 11.8 Å². The number of thioether (sulfide) groups is 1. The van der Waals surface area contributed by atoms with E-state index in [1.165, 1.54) is 25.0 Å². The van der Waals surface area contributed by atoms with Crippen molar-refractivity contribution in [2.75, 3.05) is 12.3 Å². The van der Waals surface area contributed by atoms with Crippen LogP contribution in [0.2, 0.25) is 0 Å². The molecular formula is C12H18N4S. The van der Waals surface area contributed by atoms with Crippen molar-refractivity contribution in [3.05, 3.63) is 18.5 Å². The molecule has 0 radical (unpaired) electrons. The Labute approximate surface area is 106 Å². The molecule has 0 amide bonds. The molecule has 1 N–H and O–H groups in total. The van der Waals surface area contributed by atoms with E-state index in [1.807, 2.05) is 34.9 Å². The van der Waals surface area contributed by atoms with Crippen molar-refractivity contribution < 1.29 is 0 Å². The maximum Gasteiger partial charge on any atom is 0.156 e. The molecule has 2 atom stereocenters. The van der Waals surface area contributed by atoms with Crippen LogP contribution in [0.5, 0.6) is 0 Å². The number of nitrogens with one attached hydrogen (secondary N) is 1. The predicted molar refractivity (Wildman–Crippen MR) is 71.3 cm³/mol. The van der Waals surface area contributed by atoms with Crippen molar-refractivity contribution in [2.24, 2.45) is 10.9 Å². The highest BCUT2D eigenvalue weighted by atomic mass is 32.2. The summed E-state index contributed by atoms with van der Waals surface area (Å²) < 4.78 is 1.93. The normalized spacial score (nSPS) is 30.2. The minimum atomic E-state index is 0.694. The Morgan fingerprint density at radius 2 is 2.53 bits per heavy atom. The van der Waals surface area contributed by atoms with Gasteiger partial charge in [0, 0.05) is 24.2 Å². The zero-order chi connectivity index (χ0) is 11.5. The van der Waals surface area contributed by atoms with Gasteiger partial charge in [0.25, 0.3) is 0 Å². The third-order valence-corrected chi connectivity index (χ3v) is 4.66. The molecule has 1 aliphatic carbocycles. The summed E-state index contributed by atoms with van der Waals surface area (Å²) in [5, 5.41) is 8.89. The van der Waals surface area contributed by atoms with Gasteiger partial charge in [0.2, 0.25) is 0 Å². The molecule has 92 valence electrons. The summed E-state index contributed by atoms with van der Waals surface area (Å²) >= 11 is 1.89. The molecule has 2 aliphatic rings. The molecule has 3 rings (SSSR count). The molecule has 4 nitrogen and oxygen atoms in total. The molecule has 0 aromatic carbocycles. The standard InChI is InChI=1S/C12H18N4S/c1-3-10-9-17-12(15-11(10)4-1)13-6-8-16-7-2-5-14-16/h2,5,7,10-11H,1,3-4,6,8-9H2,(H,13,15). The third kappa shape index (κ3) is 2.65. The quantitative estimate of drug-likeness (QED) is 0.888. The first-order chi connectivity index (χ1) is 8.42. The van der Waals surface area contributed by atoms with E-state index < -0.39 is 0 Å². The second kappa shape index (κ2) is 5.12. The monoisotopic (exact) mass is 250 g/mol. The molecule has 1 aromatic heterocycles. The van der Waals surface area contributed by atoms with Gasteiger partial charge in [0.05, 0.1) is 13.1 Å². The van der Waals surface area contributed by atoms with Gasteiger partial charge in [-0.25, -0.2) is 0 Å². The number of hydrogen-bond acceptors (Lipinski definition) is 3. The number of aromatic nitrogens is 2. The molecule has 1 aliphatic heterocycles. The summed E-state index contributed by atoms with van der Waals surface area (Å²) in [5.74, 6) is 2.13. The summed E-state index contributed by atoms with van der Waals surface area (Å²) in [6, 6.07) is 2.64. The van der Waals surface area contributed by atoms with E-state index >= 15 is 0 Å². The van der Waals surface area contributed by atoms with Crippen molar-refractivity contribution >= 4 is 16.9 Å². The van der Waals surface area contributed by atoms with Gasteiger partial charge in [-0.1, -0.05) is 18.2 Å². The molecule has 2 fully saturated rings. The number of amidine groups is 1. The first-order valence-corrected chi connectivity index (χ1v) is 7.31. The van der Waals surface area contributed by atoms with Crippen LogP contribution in [0.3, 0.4) is 0 Å². The molecule has 2 heterocycles. The number of nitrogens with zero attached hydrogens (tertiary/aromatic N) is 3. The van der Waals surface area contributed by atoms with E-state index in [1.54, 1.807) is 0 Å². The van der Waals surface area contributed by atoms with E-state index in [2.05, 4.69) is 15.4 Å². The van der Waals surface area contributed by atoms with E-state index in [4.69, 9.17) is 0 Å². The fraction of sp³-hybridized carbons (Fsp3) is 0.667. The smallest absolute Gasteiger partial charge is 0.156 e. The summed E-state index contributed by atoms with van der Waals surface area (Å²) in [4.78, 5) is 4.63. The topological polar surface area (TPSA) is 42.2 Å². The van der Waals surface area contributed by atoms with Crippen molar-refractivity contribution in [3.63, 3.8) is 0 Å². The first kappa shape index (κ1) is 11.1. The van der Waals surface area contributed by atoms with Crippen molar-refractivity contribution in [1.29, 1.82) is 0 Å². The SMILES string of the molecule is c1cnn(CCN=C2NC3CCCC3CS2)c1. The summed E-state index contributed by atoms with van der Waals surface area (Å²) in [6.07, 6.45) is 7.89. The molecular weight excluding hydrogens is 232 g/mol. The highest BCUT2D eigenvalue weighted by Crippen LogP contribution is 2.32. The van der Waals surface area contributed by atoms with E-state index in [0.29, 0.717) is 6.04 Å². The molecule has 1 saturated carbocycles. The van der Waals surface area contributed by atoms with Crippen LogP contribution in [0.1, 0.15) is 19.3 Å². The maximum absolute atomic E-state index is 4.63. The fourth-order valence-corrected chi connectivity index (χ4v) is 3.78. The van der Waals surface area contributed by atoms with Crippen LogP contribution in [0.15, 0.2) is 23.5 Å². The van der Waals surface area contributed by atoms with Gasteiger partial charge >= 0.3 is 0 Å². The molecule has 5 heteroatoms. The minimum Gasteiger partial charge on any atom is -0.362 e. The Morgan fingerprint density at radius 3 is 3.41 bits per heavy atom. The van der Waals surface area contributed by atoms with Gasteiger partial charge in [-0.05, 0) is 24.8 Å². The molecule has 2 unspecified atom stereocenters. The van der Waals surface area contributed by atoms with E-state index in [-0.39, 0.29) is 0 Å². The van der Waals surface area contributed by atoms with Crippen molar-refractivity contribution in [1.82, 2.24) is 15.1 Å². The van der Waals surface area contributed by atoms with Gasteiger partial charge in [-0.2, -0.15) is 5.10 Å². The lowest BCUT2D eigenvalue weighted by Gasteiger charge is -2.28. The first-order valence-electron chi connectivity index (χ1n) is 6.33. The van der Waals surface area contributed by atoms with E-state index in [0.717, 1.165) is 24.2 Å². The third-order valence-electron chi connectivity index (χ3n) is 3.55.